The molecule has 1 aromatic carbocycles. The topological polar surface area (TPSA) is 49.6 Å². The van der Waals surface area contributed by atoms with Crippen LogP contribution >= 0.6 is 27.3 Å². The van der Waals surface area contributed by atoms with Gasteiger partial charge < -0.3 is 10.6 Å². The van der Waals surface area contributed by atoms with Crippen LogP contribution in [0.15, 0.2) is 46.3 Å². The average molecular weight is 394 g/mol. The second kappa shape index (κ2) is 7.57. The van der Waals surface area contributed by atoms with Crippen molar-refractivity contribution in [3.63, 3.8) is 0 Å². The first-order valence-corrected chi connectivity index (χ1v) is 9.30. The number of carbonyl (C=O) groups excluding carboxylic acids is 1. The first-order chi connectivity index (χ1) is 11.1. The quantitative estimate of drug-likeness (QED) is 0.868. The molecule has 1 aliphatic rings. The van der Waals surface area contributed by atoms with E-state index >= 15 is 0 Å². The van der Waals surface area contributed by atoms with Crippen molar-refractivity contribution in [2.45, 2.75) is 12.6 Å². The summed E-state index contributed by atoms with van der Waals surface area (Å²) in [6.07, 6.45) is 0. The standard InChI is InChI=1S/C17H20BrN3OS/c18-15-7-6-14(23-15)12-20-8-10-21(11-9-20)17(22)16(19)13-4-2-1-3-5-13/h1-7,16H,8-12,19H2. The summed E-state index contributed by atoms with van der Waals surface area (Å²) in [5, 5.41) is 0. The number of thiophene rings is 1. The predicted octanol–water partition coefficient (Wildman–Crippen LogP) is 2.85. The van der Waals surface area contributed by atoms with Crippen molar-refractivity contribution in [2.24, 2.45) is 5.73 Å². The lowest BCUT2D eigenvalue weighted by atomic mass is 10.1. The molecule has 0 bridgehead atoms. The Kier molecular flexibility index (Phi) is 5.48. The Labute approximate surface area is 149 Å². The number of amides is 1. The van der Waals surface area contributed by atoms with Crippen LogP contribution in [0.4, 0.5) is 0 Å². The zero-order valence-electron chi connectivity index (χ0n) is 12.8. The Bertz CT molecular complexity index is 653. The minimum absolute atomic E-state index is 0.0229. The van der Waals surface area contributed by atoms with E-state index in [9.17, 15) is 4.79 Å². The van der Waals surface area contributed by atoms with Crippen molar-refractivity contribution in [3.05, 3.63) is 56.7 Å². The van der Waals surface area contributed by atoms with Crippen molar-refractivity contribution in [1.29, 1.82) is 0 Å². The molecule has 4 nitrogen and oxygen atoms in total. The van der Waals surface area contributed by atoms with Crippen molar-refractivity contribution in [3.8, 4) is 0 Å². The van der Waals surface area contributed by atoms with Crippen molar-refractivity contribution >= 4 is 33.2 Å². The lowest BCUT2D eigenvalue weighted by molar-refractivity contribution is -0.134. The third-order valence-corrected chi connectivity index (χ3v) is 5.73. The van der Waals surface area contributed by atoms with E-state index in [2.05, 4.69) is 33.0 Å². The molecule has 1 amide bonds. The Morgan fingerprint density at radius 3 is 2.43 bits per heavy atom. The first-order valence-electron chi connectivity index (χ1n) is 7.69. The molecule has 1 saturated heterocycles. The Morgan fingerprint density at radius 2 is 1.83 bits per heavy atom. The average Bonchev–Trinajstić information content (AvgIpc) is 3.00. The van der Waals surface area contributed by atoms with E-state index in [0.29, 0.717) is 0 Å². The molecule has 1 unspecified atom stereocenters. The summed E-state index contributed by atoms with van der Waals surface area (Å²) in [5.74, 6) is 0.0229. The molecule has 1 aromatic heterocycles. The number of hydrogen-bond acceptors (Lipinski definition) is 4. The van der Waals surface area contributed by atoms with Crippen LogP contribution in [-0.2, 0) is 11.3 Å². The normalized spacial score (nSPS) is 17.2. The molecule has 1 fully saturated rings. The predicted molar refractivity (Wildman–Crippen MR) is 97.2 cm³/mol. The SMILES string of the molecule is NC(C(=O)N1CCN(Cc2ccc(Br)s2)CC1)c1ccccc1. The summed E-state index contributed by atoms with van der Waals surface area (Å²) in [5.41, 5.74) is 7.00. The highest BCUT2D eigenvalue weighted by Crippen LogP contribution is 2.24. The fourth-order valence-corrected chi connectivity index (χ4v) is 4.31. The molecule has 3 rings (SSSR count). The van der Waals surface area contributed by atoms with Gasteiger partial charge in [0.05, 0.1) is 3.79 Å². The van der Waals surface area contributed by atoms with Crippen LogP contribution in [0.25, 0.3) is 0 Å². The highest BCUT2D eigenvalue weighted by Gasteiger charge is 2.26. The monoisotopic (exact) mass is 393 g/mol. The number of carbonyl (C=O) groups is 1. The Hall–Kier alpha value is -1.21. The van der Waals surface area contributed by atoms with E-state index in [-0.39, 0.29) is 5.91 Å². The fourth-order valence-electron chi connectivity index (χ4n) is 2.78. The molecule has 2 N–H and O–H groups in total. The highest BCUT2D eigenvalue weighted by molar-refractivity contribution is 9.11. The van der Waals surface area contributed by atoms with Crippen molar-refractivity contribution in [1.82, 2.24) is 9.80 Å². The molecule has 0 radical (unpaired) electrons. The summed E-state index contributed by atoms with van der Waals surface area (Å²) in [6, 6.07) is 13.3. The summed E-state index contributed by atoms with van der Waals surface area (Å²) in [6.45, 7) is 4.21. The zero-order chi connectivity index (χ0) is 16.2. The van der Waals surface area contributed by atoms with Crippen molar-refractivity contribution < 1.29 is 4.79 Å². The molecule has 1 atom stereocenters. The minimum Gasteiger partial charge on any atom is -0.338 e. The number of rotatable bonds is 4. The van der Waals surface area contributed by atoms with Gasteiger partial charge in [0, 0.05) is 37.6 Å². The molecule has 122 valence electrons. The van der Waals surface area contributed by atoms with E-state index < -0.39 is 6.04 Å². The number of benzene rings is 1. The summed E-state index contributed by atoms with van der Waals surface area (Å²) < 4.78 is 1.16. The van der Waals surface area contributed by atoms with Gasteiger partial charge in [-0.25, -0.2) is 0 Å². The lowest BCUT2D eigenvalue weighted by Gasteiger charge is -2.35. The van der Waals surface area contributed by atoms with Gasteiger partial charge in [-0.2, -0.15) is 0 Å². The summed E-state index contributed by atoms with van der Waals surface area (Å²) in [7, 11) is 0. The van der Waals surface area contributed by atoms with Gasteiger partial charge in [0.15, 0.2) is 0 Å². The van der Waals surface area contributed by atoms with Crippen LogP contribution in [0.5, 0.6) is 0 Å². The van der Waals surface area contributed by atoms with Gasteiger partial charge >= 0.3 is 0 Å². The largest absolute Gasteiger partial charge is 0.338 e. The second-order valence-corrected chi connectivity index (χ2v) is 8.24. The van der Waals surface area contributed by atoms with Gasteiger partial charge in [-0.05, 0) is 33.6 Å². The van der Waals surface area contributed by atoms with Crippen molar-refractivity contribution in [2.75, 3.05) is 26.2 Å². The molecular weight excluding hydrogens is 374 g/mol. The first kappa shape index (κ1) is 16.6. The second-order valence-electron chi connectivity index (χ2n) is 5.70. The maximum Gasteiger partial charge on any atom is 0.244 e. The number of piperazine rings is 1. The Morgan fingerprint density at radius 1 is 1.13 bits per heavy atom. The number of nitrogens with two attached hydrogens (primary N) is 1. The van der Waals surface area contributed by atoms with Gasteiger partial charge in [0.25, 0.3) is 0 Å². The molecule has 2 aromatic rings. The van der Waals surface area contributed by atoms with Crippen LogP contribution in [-0.4, -0.2) is 41.9 Å². The van der Waals surface area contributed by atoms with Crippen LogP contribution < -0.4 is 5.73 Å². The van der Waals surface area contributed by atoms with Gasteiger partial charge in [-0.3, -0.25) is 9.69 Å². The van der Waals surface area contributed by atoms with E-state index in [4.69, 9.17) is 5.73 Å². The molecule has 2 heterocycles. The van der Waals surface area contributed by atoms with E-state index in [1.165, 1.54) is 4.88 Å². The van der Waals surface area contributed by atoms with E-state index in [0.717, 1.165) is 42.1 Å². The molecule has 23 heavy (non-hydrogen) atoms. The maximum absolute atomic E-state index is 12.5. The van der Waals surface area contributed by atoms with E-state index in [1.807, 2.05) is 35.2 Å². The van der Waals surface area contributed by atoms with Crippen LogP contribution in [0.1, 0.15) is 16.5 Å². The number of nitrogens with zero attached hydrogens (tertiary/aromatic N) is 2. The highest BCUT2D eigenvalue weighted by atomic mass is 79.9. The Balaban J connectivity index is 1.53. The van der Waals surface area contributed by atoms with Crippen LogP contribution in [0.3, 0.4) is 0 Å². The number of hydrogen-bond donors (Lipinski definition) is 1. The molecule has 0 spiro atoms. The van der Waals surface area contributed by atoms with Gasteiger partial charge in [-0.1, -0.05) is 30.3 Å². The third-order valence-electron chi connectivity index (χ3n) is 4.12. The maximum atomic E-state index is 12.5. The van der Waals surface area contributed by atoms with Gasteiger partial charge in [0.1, 0.15) is 6.04 Å². The molecule has 1 aliphatic heterocycles. The smallest absolute Gasteiger partial charge is 0.244 e. The summed E-state index contributed by atoms with van der Waals surface area (Å²) in [4.78, 5) is 18.2. The molecule has 0 saturated carbocycles. The molecular formula is C17H20BrN3OS. The summed E-state index contributed by atoms with van der Waals surface area (Å²) >= 11 is 5.26. The fraction of sp³-hybridized carbons (Fsp3) is 0.353. The van der Waals surface area contributed by atoms with Gasteiger partial charge in [-0.15, -0.1) is 11.3 Å². The number of halogens is 1. The zero-order valence-corrected chi connectivity index (χ0v) is 15.2. The van der Waals surface area contributed by atoms with Gasteiger partial charge in [0.2, 0.25) is 5.91 Å². The van der Waals surface area contributed by atoms with Crippen LogP contribution in [0.2, 0.25) is 0 Å². The van der Waals surface area contributed by atoms with Crippen LogP contribution in [0, 0.1) is 0 Å². The third kappa shape index (κ3) is 4.20. The van der Waals surface area contributed by atoms with E-state index in [1.54, 1.807) is 11.3 Å². The molecule has 6 heteroatoms. The molecule has 0 aliphatic carbocycles. The lowest BCUT2D eigenvalue weighted by Crippen LogP contribution is -2.50. The minimum atomic E-state index is -0.559.